The van der Waals surface area contributed by atoms with Crippen molar-refractivity contribution in [3.63, 3.8) is 0 Å². The Morgan fingerprint density at radius 1 is 1.43 bits per heavy atom. The molecule has 0 unspecified atom stereocenters. The van der Waals surface area contributed by atoms with Crippen LogP contribution in [0.4, 0.5) is 0 Å². The van der Waals surface area contributed by atoms with Crippen LogP contribution in [-0.2, 0) is 6.42 Å². The lowest BCUT2D eigenvalue weighted by atomic mass is 9.96. The Morgan fingerprint density at radius 3 is 2.43 bits per heavy atom. The topological polar surface area (TPSA) is 37.3 Å². The highest BCUT2D eigenvalue weighted by Crippen LogP contribution is 2.24. The Hall–Kier alpha value is -0.580. The van der Waals surface area contributed by atoms with E-state index in [2.05, 4.69) is 22.6 Å². The maximum atomic E-state index is 11.0. The molecule has 0 aliphatic rings. The summed E-state index contributed by atoms with van der Waals surface area (Å²) in [6.07, 6.45) is 0.769. The average Bonchev–Trinajstić information content (AvgIpc) is 2.13. The zero-order valence-electron chi connectivity index (χ0n) is 8.52. The zero-order valence-corrected chi connectivity index (χ0v) is 10.7. The first-order valence-electron chi connectivity index (χ1n) is 4.50. The van der Waals surface area contributed by atoms with Crippen LogP contribution in [0.15, 0.2) is 6.07 Å². The van der Waals surface area contributed by atoms with Gasteiger partial charge in [0, 0.05) is 3.57 Å². The molecule has 0 amide bonds. The van der Waals surface area contributed by atoms with Crippen LogP contribution in [0.3, 0.4) is 0 Å². The molecule has 76 valence electrons. The Labute approximate surface area is 97.5 Å². The highest BCUT2D eigenvalue weighted by atomic mass is 127. The van der Waals surface area contributed by atoms with E-state index in [0.717, 1.165) is 21.1 Å². The summed E-state index contributed by atoms with van der Waals surface area (Å²) in [6.45, 7) is 6.01. The number of benzene rings is 1. The van der Waals surface area contributed by atoms with Gasteiger partial charge < -0.3 is 5.11 Å². The fourth-order valence-electron chi connectivity index (χ4n) is 1.58. The second-order valence-corrected chi connectivity index (χ2v) is 4.46. The maximum Gasteiger partial charge on any atom is 0.336 e. The number of carboxylic acid groups (broad SMARTS) is 1. The van der Waals surface area contributed by atoms with Crippen LogP contribution < -0.4 is 0 Å². The van der Waals surface area contributed by atoms with Crippen LogP contribution in [0.5, 0.6) is 0 Å². The highest BCUT2D eigenvalue weighted by molar-refractivity contribution is 14.1. The lowest BCUT2D eigenvalue weighted by Gasteiger charge is -2.12. The third-order valence-electron chi connectivity index (χ3n) is 2.55. The van der Waals surface area contributed by atoms with Crippen LogP contribution in [0.25, 0.3) is 0 Å². The first-order valence-corrected chi connectivity index (χ1v) is 5.58. The molecule has 0 saturated heterocycles. The van der Waals surface area contributed by atoms with E-state index in [4.69, 9.17) is 5.11 Å². The molecule has 0 aliphatic carbocycles. The molecule has 14 heavy (non-hydrogen) atoms. The molecule has 0 atom stereocenters. The quantitative estimate of drug-likeness (QED) is 0.852. The van der Waals surface area contributed by atoms with Crippen molar-refractivity contribution in [3.05, 3.63) is 31.9 Å². The summed E-state index contributed by atoms with van der Waals surface area (Å²) >= 11 is 2.18. The highest BCUT2D eigenvalue weighted by Gasteiger charge is 2.14. The van der Waals surface area contributed by atoms with Crippen LogP contribution in [-0.4, -0.2) is 11.1 Å². The van der Waals surface area contributed by atoms with Crippen molar-refractivity contribution in [1.82, 2.24) is 0 Å². The Balaban J connectivity index is 3.51. The van der Waals surface area contributed by atoms with Gasteiger partial charge in [-0.15, -0.1) is 0 Å². The molecule has 2 nitrogen and oxygen atoms in total. The van der Waals surface area contributed by atoms with Gasteiger partial charge in [0.2, 0.25) is 0 Å². The number of carboxylic acids is 1. The number of aromatic carboxylic acids is 1. The van der Waals surface area contributed by atoms with Crippen LogP contribution >= 0.6 is 22.6 Å². The molecule has 1 N–H and O–H groups in total. The van der Waals surface area contributed by atoms with E-state index in [1.165, 1.54) is 5.56 Å². The molecule has 3 heteroatoms. The lowest BCUT2D eigenvalue weighted by Crippen LogP contribution is -2.06. The van der Waals surface area contributed by atoms with Crippen molar-refractivity contribution in [3.8, 4) is 0 Å². The van der Waals surface area contributed by atoms with Gasteiger partial charge >= 0.3 is 5.97 Å². The average molecular weight is 304 g/mol. The fourth-order valence-corrected chi connectivity index (χ4v) is 2.29. The summed E-state index contributed by atoms with van der Waals surface area (Å²) in [6, 6.07) is 1.75. The number of carbonyl (C=O) groups is 1. The van der Waals surface area contributed by atoms with E-state index in [0.29, 0.717) is 5.56 Å². The van der Waals surface area contributed by atoms with E-state index in [1.54, 1.807) is 6.07 Å². The van der Waals surface area contributed by atoms with Crippen LogP contribution in [0.1, 0.15) is 34.0 Å². The van der Waals surface area contributed by atoms with E-state index < -0.39 is 5.97 Å². The van der Waals surface area contributed by atoms with E-state index in [-0.39, 0.29) is 0 Å². The molecule has 0 aliphatic heterocycles. The third kappa shape index (κ3) is 1.92. The van der Waals surface area contributed by atoms with Gasteiger partial charge in [0.05, 0.1) is 5.56 Å². The van der Waals surface area contributed by atoms with Crippen molar-refractivity contribution in [2.24, 2.45) is 0 Å². The minimum Gasteiger partial charge on any atom is -0.478 e. The third-order valence-corrected chi connectivity index (χ3v) is 3.67. The van der Waals surface area contributed by atoms with Gasteiger partial charge in [0.25, 0.3) is 0 Å². The number of hydrogen-bond acceptors (Lipinski definition) is 1. The Morgan fingerprint density at radius 2 is 2.00 bits per heavy atom. The van der Waals surface area contributed by atoms with Crippen molar-refractivity contribution in [1.29, 1.82) is 0 Å². The van der Waals surface area contributed by atoms with Gasteiger partial charge in [-0.25, -0.2) is 4.79 Å². The smallest absolute Gasteiger partial charge is 0.336 e. The normalized spacial score (nSPS) is 10.3. The van der Waals surface area contributed by atoms with Gasteiger partial charge in [0.15, 0.2) is 0 Å². The van der Waals surface area contributed by atoms with Gasteiger partial charge in [-0.1, -0.05) is 6.92 Å². The largest absolute Gasteiger partial charge is 0.478 e. The molecule has 1 rings (SSSR count). The fraction of sp³-hybridized carbons (Fsp3) is 0.364. The monoisotopic (exact) mass is 304 g/mol. The zero-order chi connectivity index (χ0) is 10.9. The van der Waals surface area contributed by atoms with E-state index >= 15 is 0 Å². The SMILES string of the molecule is CCc1c(C(=O)O)cc(I)c(C)c1C. The Kier molecular flexibility index (Phi) is 3.53. The van der Waals surface area contributed by atoms with Gasteiger partial charge in [-0.2, -0.15) is 0 Å². The van der Waals surface area contributed by atoms with E-state index in [9.17, 15) is 4.79 Å². The summed E-state index contributed by atoms with van der Waals surface area (Å²) in [5, 5.41) is 9.03. The summed E-state index contributed by atoms with van der Waals surface area (Å²) in [4.78, 5) is 11.0. The number of halogens is 1. The van der Waals surface area contributed by atoms with Gasteiger partial charge in [-0.3, -0.25) is 0 Å². The van der Waals surface area contributed by atoms with Crippen molar-refractivity contribution in [2.75, 3.05) is 0 Å². The summed E-state index contributed by atoms with van der Waals surface area (Å²) in [5.41, 5.74) is 3.69. The second kappa shape index (κ2) is 4.29. The first-order chi connectivity index (χ1) is 6.49. The summed E-state index contributed by atoms with van der Waals surface area (Å²) in [5.74, 6) is -0.831. The van der Waals surface area contributed by atoms with Crippen molar-refractivity contribution >= 4 is 28.6 Å². The lowest BCUT2D eigenvalue weighted by molar-refractivity contribution is 0.0695. The molecule has 0 heterocycles. The molecule has 0 aromatic heterocycles. The number of rotatable bonds is 2. The summed E-state index contributed by atoms with van der Waals surface area (Å²) < 4.78 is 1.02. The predicted molar refractivity (Wildman–Crippen MR) is 65.0 cm³/mol. The van der Waals surface area contributed by atoms with Crippen LogP contribution in [0.2, 0.25) is 0 Å². The molecular weight excluding hydrogens is 291 g/mol. The first kappa shape index (κ1) is 11.5. The molecule has 0 fully saturated rings. The van der Waals surface area contributed by atoms with E-state index in [1.807, 2.05) is 20.8 Å². The predicted octanol–water partition coefficient (Wildman–Crippen LogP) is 3.17. The standard InChI is InChI=1S/C11H13IO2/c1-4-8-6(2)7(3)10(12)5-9(8)11(13)14/h5H,4H2,1-3H3,(H,13,14). The molecule has 0 radical (unpaired) electrons. The molecule has 0 saturated carbocycles. The molecule has 0 bridgehead atoms. The minimum absolute atomic E-state index is 0.444. The molecule has 0 spiro atoms. The van der Waals surface area contributed by atoms with Crippen molar-refractivity contribution < 1.29 is 9.90 Å². The minimum atomic E-state index is -0.831. The van der Waals surface area contributed by atoms with Crippen molar-refractivity contribution in [2.45, 2.75) is 27.2 Å². The molecule has 1 aromatic carbocycles. The number of hydrogen-bond donors (Lipinski definition) is 1. The van der Waals surface area contributed by atoms with Gasteiger partial charge in [-0.05, 0) is 65.6 Å². The summed E-state index contributed by atoms with van der Waals surface area (Å²) in [7, 11) is 0. The maximum absolute atomic E-state index is 11.0. The van der Waals surface area contributed by atoms with Crippen LogP contribution in [0, 0.1) is 17.4 Å². The molecular formula is C11H13IO2. The molecule has 1 aromatic rings. The van der Waals surface area contributed by atoms with Gasteiger partial charge in [0.1, 0.15) is 0 Å². The second-order valence-electron chi connectivity index (χ2n) is 3.29. The Bertz CT molecular complexity index is 383.